The molecule has 19 heavy (non-hydrogen) atoms. The number of aliphatic carboxylic acids is 1. The van der Waals surface area contributed by atoms with E-state index in [2.05, 4.69) is 16.0 Å². The lowest BCUT2D eigenvalue weighted by molar-refractivity contribution is -0.139. The predicted octanol–water partition coefficient (Wildman–Crippen LogP) is -1.11. The number of carboxylic acid groups (broad SMARTS) is 1. The molecule has 0 saturated heterocycles. The van der Waals surface area contributed by atoms with E-state index < -0.39 is 23.5 Å². The summed E-state index contributed by atoms with van der Waals surface area (Å²) in [4.78, 5) is 33.7. The van der Waals surface area contributed by atoms with Crippen LogP contribution in [0.15, 0.2) is 0 Å². The van der Waals surface area contributed by atoms with Crippen LogP contribution in [0.2, 0.25) is 0 Å². The minimum Gasteiger partial charge on any atom is -0.480 e. The van der Waals surface area contributed by atoms with Gasteiger partial charge in [-0.15, -0.1) is 0 Å². The molecule has 0 aliphatic heterocycles. The van der Waals surface area contributed by atoms with Gasteiger partial charge in [0, 0.05) is 26.6 Å². The van der Waals surface area contributed by atoms with Crippen LogP contribution >= 0.6 is 0 Å². The van der Waals surface area contributed by atoms with Crippen LogP contribution in [0.4, 0.5) is 4.79 Å². The Kier molecular flexibility index (Phi) is 6.84. The third-order valence-electron chi connectivity index (χ3n) is 2.55. The zero-order chi connectivity index (χ0) is 15.1. The average Bonchev–Trinajstić information content (AvgIpc) is 2.34. The lowest BCUT2D eigenvalue weighted by Crippen LogP contribution is -2.50. The number of aliphatic hydroxyl groups is 1. The summed E-state index contributed by atoms with van der Waals surface area (Å²) in [6, 6.07) is -1.86. The normalized spacial score (nSPS) is 12.4. The first kappa shape index (κ1) is 17.2. The second kappa shape index (κ2) is 7.57. The van der Waals surface area contributed by atoms with E-state index in [0.717, 1.165) is 0 Å². The molecular weight excluding hydrogens is 254 g/mol. The zero-order valence-electron chi connectivity index (χ0n) is 11.3. The Morgan fingerprint density at radius 2 is 1.84 bits per heavy atom. The highest BCUT2D eigenvalue weighted by atomic mass is 16.4. The molecule has 0 saturated carbocycles. The number of rotatable bonds is 7. The first-order chi connectivity index (χ1) is 8.74. The number of hydrogen-bond donors (Lipinski definition) is 5. The third-order valence-corrected chi connectivity index (χ3v) is 2.55. The third kappa shape index (κ3) is 6.05. The Hall–Kier alpha value is -1.83. The van der Waals surface area contributed by atoms with Gasteiger partial charge in [-0.3, -0.25) is 4.79 Å². The van der Waals surface area contributed by atoms with Gasteiger partial charge in [0.15, 0.2) is 0 Å². The van der Waals surface area contributed by atoms with E-state index in [1.165, 1.54) is 7.05 Å². The molecule has 110 valence electrons. The van der Waals surface area contributed by atoms with Crippen molar-refractivity contribution in [2.75, 3.05) is 20.2 Å². The van der Waals surface area contributed by atoms with Crippen molar-refractivity contribution in [3.8, 4) is 0 Å². The van der Waals surface area contributed by atoms with Crippen molar-refractivity contribution >= 4 is 17.9 Å². The number of carbonyl (C=O) groups is 3. The Morgan fingerprint density at radius 3 is 2.26 bits per heavy atom. The first-order valence-electron chi connectivity index (χ1n) is 5.84. The summed E-state index contributed by atoms with van der Waals surface area (Å²) < 4.78 is 0. The van der Waals surface area contributed by atoms with Gasteiger partial charge in [0.2, 0.25) is 5.91 Å². The first-order valence-corrected chi connectivity index (χ1v) is 5.84. The molecule has 3 amide bonds. The maximum absolute atomic E-state index is 11.5. The highest BCUT2D eigenvalue weighted by Gasteiger charge is 2.27. The highest BCUT2D eigenvalue weighted by Crippen LogP contribution is 2.12. The van der Waals surface area contributed by atoms with E-state index in [0.29, 0.717) is 0 Å². The molecule has 0 rings (SSSR count). The minimum atomic E-state index is -1.23. The van der Waals surface area contributed by atoms with E-state index in [9.17, 15) is 14.4 Å². The molecule has 1 atom stereocenters. The van der Waals surface area contributed by atoms with Gasteiger partial charge in [-0.05, 0) is 13.8 Å². The van der Waals surface area contributed by atoms with Crippen molar-refractivity contribution in [2.24, 2.45) is 5.41 Å². The van der Waals surface area contributed by atoms with Gasteiger partial charge >= 0.3 is 12.0 Å². The molecule has 0 unspecified atom stereocenters. The summed E-state index contributed by atoms with van der Waals surface area (Å²) in [5.74, 6) is -1.47. The summed E-state index contributed by atoms with van der Waals surface area (Å²) in [6.07, 6.45) is -0.0818. The smallest absolute Gasteiger partial charge is 0.326 e. The van der Waals surface area contributed by atoms with Gasteiger partial charge in [0.05, 0.1) is 5.41 Å². The van der Waals surface area contributed by atoms with Gasteiger partial charge in [0.1, 0.15) is 6.04 Å². The van der Waals surface area contributed by atoms with Crippen molar-refractivity contribution in [2.45, 2.75) is 26.3 Å². The van der Waals surface area contributed by atoms with Crippen molar-refractivity contribution < 1.29 is 24.6 Å². The molecule has 8 nitrogen and oxygen atoms in total. The number of carboxylic acids is 1. The van der Waals surface area contributed by atoms with Gasteiger partial charge in [-0.2, -0.15) is 0 Å². The fourth-order valence-electron chi connectivity index (χ4n) is 1.32. The summed E-state index contributed by atoms with van der Waals surface area (Å²) in [5.41, 5.74) is -0.804. The van der Waals surface area contributed by atoms with Gasteiger partial charge in [-0.1, -0.05) is 0 Å². The number of amides is 3. The molecule has 0 radical (unpaired) electrons. The second-order valence-corrected chi connectivity index (χ2v) is 4.69. The molecule has 0 aromatic carbocycles. The SMILES string of the molecule is CNC(=O)C(C)(C)CNC(=O)N[C@H](CCO)C(=O)O. The fraction of sp³-hybridized carbons (Fsp3) is 0.727. The fourth-order valence-corrected chi connectivity index (χ4v) is 1.32. The van der Waals surface area contributed by atoms with Crippen LogP contribution in [0.1, 0.15) is 20.3 Å². The van der Waals surface area contributed by atoms with Crippen molar-refractivity contribution in [1.82, 2.24) is 16.0 Å². The molecule has 5 N–H and O–H groups in total. The van der Waals surface area contributed by atoms with Crippen LogP contribution in [-0.4, -0.2) is 54.4 Å². The summed E-state index contributed by atoms with van der Waals surface area (Å²) in [7, 11) is 1.49. The summed E-state index contributed by atoms with van der Waals surface area (Å²) >= 11 is 0. The predicted molar refractivity (Wildman–Crippen MR) is 67.5 cm³/mol. The number of aliphatic hydroxyl groups excluding tert-OH is 1. The molecular formula is C11H21N3O5. The van der Waals surface area contributed by atoms with E-state index >= 15 is 0 Å². The molecule has 0 bridgehead atoms. The molecule has 0 aliphatic carbocycles. The van der Waals surface area contributed by atoms with E-state index in [1.807, 2.05) is 0 Å². The average molecular weight is 275 g/mol. The van der Waals surface area contributed by atoms with E-state index in [4.69, 9.17) is 10.2 Å². The minimum absolute atomic E-state index is 0.0595. The number of hydrogen-bond acceptors (Lipinski definition) is 4. The molecule has 8 heteroatoms. The van der Waals surface area contributed by atoms with Crippen molar-refractivity contribution in [3.63, 3.8) is 0 Å². The van der Waals surface area contributed by atoms with E-state index in [1.54, 1.807) is 13.8 Å². The van der Waals surface area contributed by atoms with Crippen LogP contribution in [0.5, 0.6) is 0 Å². The van der Waals surface area contributed by atoms with Crippen molar-refractivity contribution in [1.29, 1.82) is 0 Å². The van der Waals surface area contributed by atoms with Crippen LogP contribution in [-0.2, 0) is 9.59 Å². The standard InChI is InChI=1S/C11H21N3O5/c1-11(2,9(18)12-3)6-13-10(19)14-7(4-5-15)8(16)17/h7,15H,4-6H2,1-3H3,(H,12,18)(H,16,17)(H2,13,14,19)/t7-/m1/s1. The quantitative estimate of drug-likeness (QED) is 0.402. The lowest BCUT2D eigenvalue weighted by Gasteiger charge is -2.23. The van der Waals surface area contributed by atoms with Crippen LogP contribution in [0, 0.1) is 5.41 Å². The second-order valence-electron chi connectivity index (χ2n) is 4.69. The molecule has 0 aromatic heterocycles. The number of carbonyl (C=O) groups excluding carboxylic acids is 2. The Bertz CT molecular complexity index is 343. The highest BCUT2D eigenvalue weighted by molar-refractivity contribution is 5.84. The summed E-state index contributed by atoms with van der Waals surface area (Å²) in [5, 5.41) is 24.6. The lowest BCUT2D eigenvalue weighted by atomic mass is 9.92. The molecule has 0 spiro atoms. The summed E-state index contributed by atoms with van der Waals surface area (Å²) in [6.45, 7) is 3.01. The maximum atomic E-state index is 11.5. The van der Waals surface area contributed by atoms with Gasteiger partial charge < -0.3 is 26.2 Å². The molecule has 0 aromatic rings. The van der Waals surface area contributed by atoms with Crippen LogP contribution in [0.3, 0.4) is 0 Å². The molecule has 0 heterocycles. The Labute approximate surface area is 111 Å². The molecule has 0 aliphatic rings. The van der Waals surface area contributed by atoms with Gasteiger partial charge in [-0.25, -0.2) is 9.59 Å². The Balaban J connectivity index is 4.31. The zero-order valence-corrected chi connectivity index (χ0v) is 11.3. The molecule has 0 fully saturated rings. The maximum Gasteiger partial charge on any atom is 0.326 e. The van der Waals surface area contributed by atoms with Crippen molar-refractivity contribution in [3.05, 3.63) is 0 Å². The number of urea groups is 1. The van der Waals surface area contributed by atoms with E-state index in [-0.39, 0.29) is 25.5 Å². The van der Waals surface area contributed by atoms with Crippen LogP contribution < -0.4 is 16.0 Å². The van der Waals surface area contributed by atoms with Crippen LogP contribution in [0.25, 0.3) is 0 Å². The Morgan fingerprint density at radius 1 is 1.26 bits per heavy atom. The van der Waals surface area contributed by atoms with Gasteiger partial charge in [0.25, 0.3) is 0 Å². The topological polar surface area (TPSA) is 128 Å². The number of nitrogens with one attached hydrogen (secondary N) is 3. The largest absolute Gasteiger partial charge is 0.480 e. The monoisotopic (exact) mass is 275 g/mol.